The summed E-state index contributed by atoms with van der Waals surface area (Å²) in [6, 6.07) is 12.1. The van der Waals surface area contributed by atoms with Crippen LogP contribution in [0, 0.1) is 5.92 Å². The quantitative estimate of drug-likeness (QED) is 0.898. The number of para-hydroxylation sites is 1. The summed E-state index contributed by atoms with van der Waals surface area (Å²) in [5.41, 5.74) is 0.997. The van der Waals surface area contributed by atoms with Gasteiger partial charge in [0.15, 0.2) is 0 Å². The number of fused-ring (bicyclic) bond motifs is 1. The van der Waals surface area contributed by atoms with Gasteiger partial charge >= 0.3 is 0 Å². The van der Waals surface area contributed by atoms with Crippen LogP contribution in [0.3, 0.4) is 0 Å². The molecule has 3 heteroatoms. The smallest absolute Gasteiger partial charge is 0.213 e. The minimum Gasteiger partial charge on any atom is -0.477 e. The van der Waals surface area contributed by atoms with Gasteiger partial charge in [-0.1, -0.05) is 18.2 Å². The summed E-state index contributed by atoms with van der Waals surface area (Å²) < 4.78 is 5.80. The zero-order valence-electron chi connectivity index (χ0n) is 10.4. The minimum atomic E-state index is 0.618. The van der Waals surface area contributed by atoms with Gasteiger partial charge in [-0.3, -0.25) is 0 Å². The summed E-state index contributed by atoms with van der Waals surface area (Å²) in [5.74, 6) is 1.35. The maximum atomic E-state index is 5.80. The van der Waals surface area contributed by atoms with Crippen molar-refractivity contribution in [1.29, 1.82) is 0 Å². The molecule has 0 amide bonds. The van der Waals surface area contributed by atoms with Crippen molar-refractivity contribution in [2.45, 2.75) is 12.8 Å². The zero-order valence-corrected chi connectivity index (χ0v) is 10.4. The lowest BCUT2D eigenvalue weighted by Crippen LogP contribution is -2.33. The largest absolute Gasteiger partial charge is 0.477 e. The highest BCUT2D eigenvalue weighted by molar-refractivity contribution is 5.78. The van der Waals surface area contributed by atoms with Crippen LogP contribution in [-0.2, 0) is 0 Å². The molecule has 1 N–H and O–H groups in total. The van der Waals surface area contributed by atoms with Crippen LogP contribution in [0.25, 0.3) is 10.9 Å². The molecular weight excluding hydrogens is 224 g/mol. The molecule has 0 radical (unpaired) electrons. The molecule has 1 aliphatic heterocycles. The van der Waals surface area contributed by atoms with Crippen molar-refractivity contribution in [2.24, 2.45) is 5.92 Å². The minimum absolute atomic E-state index is 0.618. The monoisotopic (exact) mass is 242 g/mol. The van der Waals surface area contributed by atoms with E-state index in [2.05, 4.69) is 22.4 Å². The SMILES string of the molecule is c1ccc2nc(OCC3CCCNC3)ccc2c1. The van der Waals surface area contributed by atoms with Gasteiger partial charge in [0.2, 0.25) is 5.88 Å². The Morgan fingerprint density at radius 1 is 1.22 bits per heavy atom. The first-order valence-electron chi connectivity index (χ1n) is 6.61. The van der Waals surface area contributed by atoms with Crippen LogP contribution in [0.1, 0.15) is 12.8 Å². The predicted octanol–water partition coefficient (Wildman–Crippen LogP) is 2.61. The van der Waals surface area contributed by atoms with Crippen molar-refractivity contribution < 1.29 is 4.74 Å². The van der Waals surface area contributed by atoms with Crippen molar-refractivity contribution >= 4 is 10.9 Å². The van der Waals surface area contributed by atoms with Gasteiger partial charge in [0.05, 0.1) is 12.1 Å². The summed E-state index contributed by atoms with van der Waals surface area (Å²) in [6.07, 6.45) is 2.50. The highest BCUT2D eigenvalue weighted by Crippen LogP contribution is 2.17. The first-order valence-corrected chi connectivity index (χ1v) is 6.61. The third kappa shape index (κ3) is 2.62. The molecule has 1 aliphatic rings. The first-order chi connectivity index (χ1) is 8.92. The highest BCUT2D eigenvalue weighted by atomic mass is 16.5. The Balaban J connectivity index is 1.66. The Bertz CT molecular complexity index is 521. The summed E-state index contributed by atoms with van der Waals surface area (Å²) in [5, 5.41) is 4.56. The molecule has 2 heterocycles. The van der Waals surface area contributed by atoms with Crippen LogP contribution in [-0.4, -0.2) is 24.7 Å². The van der Waals surface area contributed by atoms with E-state index in [1.807, 2.05) is 24.3 Å². The third-order valence-electron chi connectivity index (χ3n) is 3.44. The van der Waals surface area contributed by atoms with Crippen LogP contribution in [0.5, 0.6) is 5.88 Å². The van der Waals surface area contributed by atoms with Crippen molar-refractivity contribution in [1.82, 2.24) is 10.3 Å². The van der Waals surface area contributed by atoms with Gasteiger partial charge in [-0.05, 0) is 31.5 Å². The van der Waals surface area contributed by atoms with Gasteiger partial charge in [-0.25, -0.2) is 4.98 Å². The fourth-order valence-corrected chi connectivity index (χ4v) is 2.40. The number of nitrogens with zero attached hydrogens (tertiary/aromatic N) is 1. The summed E-state index contributed by atoms with van der Waals surface area (Å²) in [4.78, 5) is 4.52. The Labute approximate surface area is 107 Å². The second-order valence-corrected chi connectivity index (χ2v) is 4.87. The first kappa shape index (κ1) is 11.5. The van der Waals surface area contributed by atoms with E-state index in [1.54, 1.807) is 0 Å². The summed E-state index contributed by atoms with van der Waals surface area (Å²) in [7, 11) is 0. The number of nitrogens with one attached hydrogen (secondary N) is 1. The fraction of sp³-hybridized carbons (Fsp3) is 0.400. The number of benzene rings is 1. The van der Waals surface area contributed by atoms with E-state index < -0.39 is 0 Å². The Morgan fingerprint density at radius 3 is 3.06 bits per heavy atom. The lowest BCUT2D eigenvalue weighted by molar-refractivity contribution is 0.212. The molecule has 1 fully saturated rings. The molecular formula is C15H18N2O. The van der Waals surface area contributed by atoms with E-state index in [1.165, 1.54) is 12.8 Å². The van der Waals surface area contributed by atoms with E-state index in [-0.39, 0.29) is 0 Å². The number of piperidine rings is 1. The summed E-state index contributed by atoms with van der Waals surface area (Å²) in [6.45, 7) is 2.97. The molecule has 1 aromatic carbocycles. The van der Waals surface area contributed by atoms with E-state index >= 15 is 0 Å². The number of ether oxygens (including phenoxy) is 1. The number of hydrogen-bond acceptors (Lipinski definition) is 3. The summed E-state index contributed by atoms with van der Waals surface area (Å²) >= 11 is 0. The van der Waals surface area contributed by atoms with E-state index in [0.29, 0.717) is 5.92 Å². The molecule has 0 saturated carbocycles. The lowest BCUT2D eigenvalue weighted by Gasteiger charge is -2.22. The number of rotatable bonds is 3. The van der Waals surface area contributed by atoms with Gasteiger partial charge in [0.25, 0.3) is 0 Å². The van der Waals surface area contributed by atoms with Crippen LogP contribution >= 0.6 is 0 Å². The van der Waals surface area contributed by atoms with Crippen molar-refractivity contribution in [3.63, 3.8) is 0 Å². The molecule has 18 heavy (non-hydrogen) atoms. The van der Waals surface area contributed by atoms with Gasteiger partial charge in [-0.2, -0.15) is 0 Å². The van der Waals surface area contributed by atoms with Crippen molar-refractivity contribution in [3.05, 3.63) is 36.4 Å². The zero-order chi connectivity index (χ0) is 12.2. The average Bonchev–Trinajstić information content (AvgIpc) is 2.46. The molecule has 2 aromatic rings. The Morgan fingerprint density at radius 2 is 2.17 bits per heavy atom. The third-order valence-corrected chi connectivity index (χ3v) is 3.44. The maximum Gasteiger partial charge on any atom is 0.213 e. The molecule has 0 spiro atoms. The van der Waals surface area contributed by atoms with Crippen LogP contribution in [0.15, 0.2) is 36.4 Å². The van der Waals surface area contributed by atoms with Gasteiger partial charge in [0, 0.05) is 23.9 Å². The molecule has 0 bridgehead atoms. The molecule has 1 unspecified atom stereocenters. The molecule has 94 valence electrons. The van der Waals surface area contributed by atoms with Crippen LogP contribution in [0.2, 0.25) is 0 Å². The van der Waals surface area contributed by atoms with Crippen LogP contribution in [0.4, 0.5) is 0 Å². The highest BCUT2D eigenvalue weighted by Gasteiger charge is 2.13. The molecule has 3 nitrogen and oxygen atoms in total. The normalized spacial score (nSPS) is 19.9. The number of aromatic nitrogens is 1. The average molecular weight is 242 g/mol. The van der Waals surface area contributed by atoms with E-state index in [0.717, 1.165) is 36.5 Å². The van der Waals surface area contributed by atoms with E-state index in [4.69, 9.17) is 4.74 Å². The standard InChI is InChI=1S/C15H18N2O/c1-2-6-14-13(5-1)7-8-15(17-14)18-11-12-4-3-9-16-10-12/h1-2,5-8,12,16H,3-4,9-11H2. The van der Waals surface area contributed by atoms with Crippen molar-refractivity contribution in [3.8, 4) is 5.88 Å². The molecule has 3 rings (SSSR count). The Hall–Kier alpha value is -1.61. The molecule has 1 aromatic heterocycles. The van der Waals surface area contributed by atoms with Crippen LogP contribution < -0.4 is 10.1 Å². The number of hydrogen-bond donors (Lipinski definition) is 1. The topological polar surface area (TPSA) is 34.1 Å². The Kier molecular flexibility index (Phi) is 3.42. The molecule has 1 saturated heterocycles. The molecule has 0 aliphatic carbocycles. The molecule has 1 atom stereocenters. The van der Waals surface area contributed by atoms with Gasteiger partial charge < -0.3 is 10.1 Å². The number of pyridine rings is 1. The second kappa shape index (κ2) is 5.36. The fourth-order valence-electron chi connectivity index (χ4n) is 2.40. The lowest BCUT2D eigenvalue weighted by atomic mass is 10.0. The van der Waals surface area contributed by atoms with E-state index in [9.17, 15) is 0 Å². The second-order valence-electron chi connectivity index (χ2n) is 4.87. The predicted molar refractivity (Wildman–Crippen MR) is 72.8 cm³/mol. The maximum absolute atomic E-state index is 5.80. The van der Waals surface area contributed by atoms with Gasteiger partial charge in [-0.15, -0.1) is 0 Å². The van der Waals surface area contributed by atoms with Crippen molar-refractivity contribution in [2.75, 3.05) is 19.7 Å². The van der Waals surface area contributed by atoms with Gasteiger partial charge in [0.1, 0.15) is 0 Å².